The van der Waals surface area contributed by atoms with Crippen LogP contribution in [0.25, 0.3) is 0 Å². The third-order valence-electron chi connectivity index (χ3n) is 2.48. The van der Waals surface area contributed by atoms with Gasteiger partial charge in [-0.25, -0.2) is 0 Å². The fourth-order valence-corrected chi connectivity index (χ4v) is 1.53. The van der Waals surface area contributed by atoms with Crippen molar-refractivity contribution >= 4 is 0 Å². The molecule has 0 bridgehead atoms. The lowest BCUT2D eigenvalue weighted by molar-refractivity contribution is -0.192. The Kier molecular flexibility index (Phi) is 5.09. The minimum atomic E-state index is -4.73. The lowest BCUT2D eigenvalue weighted by Crippen LogP contribution is -2.40. The van der Waals surface area contributed by atoms with Crippen molar-refractivity contribution in [2.75, 3.05) is 13.2 Å². The fraction of sp³-hybridized carbons (Fsp3) is 0.500. The summed E-state index contributed by atoms with van der Waals surface area (Å²) in [7, 11) is 0. The highest BCUT2D eigenvalue weighted by atomic mass is 19.4. The lowest BCUT2D eigenvalue weighted by atomic mass is 9.85. The number of hydrogen-bond acceptors (Lipinski definition) is 4. The zero-order chi connectivity index (χ0) is 17.0. The largest absolute Gasteiger partial charge is 0.484 e. The molecule has 1 aliphatic carbocycles. The van der Waals surface area contributed by atoms with Gasteiger partial charge in [0.1, 0.15) is 24.4 Å². The molecule has 4 nitrogen and oxygen atoms in total. The van der Waals surface area contributed by atoms with E-state index in [1.807, 2.05) is 0 Å². The Balaban J connectivity index is 2.89. The highest BCUT2D eigenvalue weighted by Gasteiger charge is 2.43. The zero-order valence-corrected chi connectivity index (χ0v) is 10.7. The van der Waals surface area contributed by atoms with Crippen LogP contribution in [0.4, 0.5) is 26.3 Å². The number of ether oxygens (including phenoxy) is 2. The Morgan fingerprint density at radius 1 is 1.09 bits per heavy atom. The lowest BCUT2D eigenvalue weighted by Gasteiger charge is -2.29. The van der Waals surface area contributed by atoms with Crippen molar-refractivity contribution < 1.29 is 35.8 Å². The minimum Gasteiger partial charge on any atom is -0.484 e. The summed E-state index contributed by atoms with van der Waals surface area (Å²) in [5, 5.41) is 17.9. The average molecular weight is 326 g/mol. The van der Waals surface area contributed by atoms with Crippen molar-refractivity contribution in [3.05, 3.63) is 24.0 Å². The van der Waals surface area contributed by atoms with Gasteiger partial charge in [0.15, 0.2) is 12.2 Å². The normalized spacial score (nSPS) is 25.1. The molecule has 0 amide bonds. The molecule has 0 radical (unpaired) electrons. The molecule has 0 saturated carbocycles. The van der Waals surface area contributed by atoms with Crippen LogP contribution in [0.5, 0.6) is 0 Å². The molecule has 0 aromatic carbocycles. The molecule has 0 aliphatic heterocycles. The van der Waals surface area contributed by atoms with Crippen molar-refractivity contribution in [3.63, 3.8) is 0 Å². The molecule has 10 heteroatoms. The molecule has 0 heterocycles. The molecule has 120 valence electrons. The van der Waals surface area contributed by atoms with Gasteiger partial charge in [0.05, 0.1) is 6.07 Å². The van der Waals surface area contributed by atoms with Gasteiger partial charge in [-0.3, -0.25) is 0 Å². The maximum atomic E-state index is 12.2. The van der Waals surface area contributed by atoms with E-state index in [-0.39, 0.29) is 5.76 Å². The second-order valence-corrected chi connectivity index (χ2v) is 4.22. The summed E-state index contributed by atoms with van der Waals surface area (Å²) in [6.45, 7) is -3.42. The second kappa shape index (κ2) is 6.28. The number of hydrogen-bond donors (Lipinski definition) is 0. The Labute approximate surface area is 120 Å². The molecular formula is C12H8F6N2O2. The minimum absolute atomic E-state index is 0.384. The standard InChI is InChI=1S/C12H8F6N2O2/c13-11(14,15)6-21-9-1-2-10(5-20,8(3-9)4-19)22-7-12(16,17)18/h1-3,8H,6-7H2. The smallest absolute Gasteiger partial charge is 0.422 e. The van der Waals surface area contributed by atoms with E-state index in [9.17, 15) is 26.3 Å². The van der Waals surface area contributed by atoms with Crippen LogP contribution < -0.4 is 0 Å². The zero-order valence-electron chi connectivity index (χ0n) is 10.7. The Morgan fingerprint density at radius 3 is 2.14 bits per heavy atom. The van der Waals surface area contributed by atoms with Crippen LogP contribution in [-0.2, 0) is 9.47 Å². The first kappa shape index (κ1) is 17.9. The van der Waals surface area contributed by atoms with Crippen LogP contribution in [0, 0.1) is 28.6 Å². The van der Waals surface area contributed by atoms with Gasteiger partial charge in [-0.15, -0.1) is 0 Å². The van der Waals surface area contributed by atoms with E-state index in [2.05, 4.69) is 9.47 Å². The topological polar surface area (TPSA) is 66.0 Å². The van der Waals surface area contributed by atoms with Crippen LogP contribution in [0.3, 0.4) is 0 Å². The molecule has 0 saturated heterocycles. The van der Waals surface area contributed by atoms with E-state index in [0.29, 0.717) is 0 Å². The molecule has 0 spiro atoms. The van der Waals surface area contributed by atoms with Gasteiger partial charge in [-0.2, -0.15) is 36.9 Å². The van der Waals surface area contributed by atoms with Gasteiger partial charge in [-0.1, -0.05) is 0 Å². The van der Waals surface area contributed by atoms with Gasteiger partial charge in [0.25, 0.3) is 0 Å². The quantitative estimate of drug-likeness (QED) is 0.745. The monoisotopic (exact) mass is 326 g/mol. The molecule has 0 fully saturated rings. The summed E-state index contributed by atoms with van der Waals surface area (Å²) in [5.41, 5.74) is -2.24. The van der Waals surface area contributed by atoms with Crippen molar-refractivity contribution in [2.45, 2.75) is 18.0 Å². The van der Waals surface area contributed by atoms with Crippen molar-refractivity contribution in [1.29, 1.82) is 10.5 Å². The van der Waals surface area contributed by atoms with Gasteiger partial charge in [-0.05, 0) is 18.2 Å². The molecule has 2 unspecified atom stereocenters. The Bertz CT molecular complexity index is 552. The SMILES string of the molecule is N#CC1C=C(OCC(F)(F)F)C=CC1(C#N)OCC(F)(F)F. The van der Waals surface area contributed by atoms with Crippen molar-refractivity contribution in [1.82, 2.24) is 0 Å². The van der Waals surface area contributed by atoms with Gasteiger partial charge >= 0.3 is 12.4 Å². The maximum Gasteiger partial charge on any atom is 0.422 e. The molecule has 0 aromatic heterocycles. The van der Waals surface area contributed by atoms with E-state index in [4.69, 9.17) is 10.5 Å². The van der Waals surface area contributed by atoms with Gasteiger partial charge in [0, 0.05) is 0 Å². The predicted molar refractivity (Wildman–Crippen MR) is 58.7 cm³/mol. The van der Waals surface area contributed by atoms with Gasteiger partial charge in [0.2, 0.25) is 0 Å². The number of nitriles is 2. The second-order valence-electron chi connectivity index (χ2n) is 4.22. The van der Waals surface area contributed by atoms with Crippen LogP contribution in [-0.4, -0.2) is 31.2 Å². The van der Waals surface area contributed by atoms with E-state index in [0.717, 1.165) is 18.2 Å². The summed E-state index contributed by atoms with van der Waals surface area (Å²) in [5.74, 6) is -1.93. The Hall–Kier alpha value is -2.20. The highest BCUT2D eigenvalue weighted by Crippen LogP contribution is 2.33. The first-order valence-electron chi connectivity index (χ1n) is 5.63. The number of allylic oxidation sites excluding steroid dienone is 1. The molecule has 2 atom stereocenters. The number of nitrogens with zero attached hydrogens (tertiary/aromatic N) is 2. The molecule has 22 heavy (non-hydrogen) atoms. The summed E-state index contributed by atoms with van der Waals surface area (Å²) < 4.78 is 81.4. The predicted octanol–water partition coefficient (Wildman–Crippen LogP) is 3.00. The van der Waals surface area contributed by atoms with Gasteiger partial charge < -0.3 is 9.47 Å². The third-order valence-corrected chi connectivity index (χ3v) is 2.48. The first-order chi connectivity index (χ1) is 10.0. The number of alkyl halides is 6. The van der Waals surface area contributed by atoms with E-state index >= 15 is 0 Å². The summed E-state index contributed by atoms with van der Waals surface area (Å²) in [4.78, 5) is 0. The molecule has 1 aliphatic rings. The van der Waals surface area contributed by atoms with Crippen molar-refractivity contribution in [2.24, 2.45) is 5.92 Å². The summed E-state index contributed by atoms with van der Waals surface area (Å²) in [6, 6.07) is 2.94. The first-order valence-corrected chi connectivity index (χ1v) is 5.63. The van der Waals surface area contributed by atoms with E-state index < -0.39 is 37.1 Å². The Morgan fingerprint density at radius 2 is 1.68 bits per heavy atom. The third kappa shape index (κ3) is 4.97. The molecule has 1 rings (SSSR count). The number of halogens is 6. The molecule has 0 N–H and O–H groups in total. The fourth-order valence-electron chi connectivity index (χ4n) is 1.53. The van der Waals surface area contributed by atoms with Crippen LogP contribution in [0.15, 0.2) is 24.0 Å². The van der Waals surface area contributed by atoms with Crippen LogP contribution >= 0.6 is 0 Å². The summed E-state index contributed by atoms with van der Waals surface area (Å²) >= 11 is 0. The molecule has 0 aromatic rings. The van der Waals surface area contributed by atoms with E-state index in [1.165, 1.54) is 12.1 Å². The number of rotatable bonds is 4. The van der Waals surface area contributed by atoms with Crippen molar-refractivity contribution in [3.8, 4) is 12.1 Å². The molecular weight excluding hydrogens is 318 g/mol. The summed E-state index contributed by atoms with van der Waals surface area (Å²) in [6.07, 6.45) is -6.90. The average Bonchev–Trinajstić information content (AvgIpc) is 2.41. The maximum absolute atomic E-state index is 12.2. The van der Waals surface area contributed by atoms with E-state index in [1.54, 1.807) is 0 Å². The van der Waals surface area contributed by atoms with Crippen LogP contribution in [0.2, 0.25) is 0 Å². The highest BCUT2D eigenvalue weighted by molar-refractivity contribution is 5.36. The van der Waals surface area contributed by atoms with Crippen LogP contribution in [0.1, 0.15) is 0 Å².